The molecule has 0 radical (unpaired) electrons. The van der Waals surface area contributed by atoms with Gasteiger partial charge in [0, 0.05) is 5.57 Å². The minimum Gasteiger partial charge on any atom is -0.456 e. The van der Waals surface area contributed by atoms with Gasteiger partial charge in [-0.15, -0.1) is 0 Å². The summed E-state index contributed by atoms with van der Waals surface area (Å²) >= 11 is 0. The summed E-state index contributed by atoms with van der Waals surface area (Å²) in [4.78, 5) is 24.0. The summed E-state index contributed by atoms with van der Waals surface area (Å²) in [5.74, 6) is -0.999. The molecule has 0 spiro atoms. The third-order valence-corrected chi connectivity index (χ3v) is 3.34. The molecule has 2 N–H and O–H groups in total. The Balaban J connectivity index is 2.94. The van der Waals surface area contributed by atoms with Crippen molar-refractivity contribution in [2.45, 2.75) is 52.6 Å². The lowest BCUT2D eigenvalue weighted by atomic mass is 10.0. The number of ether oxygens (including phenoxy) is 2. The van der Waals surface area contributed by atoms with Crippen molar-refractivity contribution in [2.75, 3.05) is 5.73 Å². The molecule has 1 aromatic carbocycles. The first-order valence-corrected chi connectivity index (χ1v) is 7.67. The number of para-hydroxylation sites is 1. The quantitative estimate of drug-likeness (QED) is 0.357. The van der Waals surface area contributed by atoms with Gasteiger partial charge in [-0.25, -0.2) is 9.59 Å². The molecule has 0 atom stereocenters. The third-order valence-electron chi connectivity index (χ3n) is 3.34. The molecule has 0 aliphatic heterocycles. The maximum atomic E-state index is 12.4. The van der Waals surface area contributed by atoms with Crippen molar-refractivity contribution < 1.29 is 19.1 Å². The van der Waals surface area contributed by atoms with Crippen molar-refractivity contribution in [1.29, 1.82) is 0 Å². The number of hydrogen-bond donors (Lipinski definition) is 1. The number of carbonyl (C=O) groups excluding carboxylic acids is 2. The minimum atomic E-state index is -0.592. The van der Waals surface area contributed by atoms with Crippen molar-refractivity contribution in [3.05, 3.63) is 35.9 Å². The van der Waals surface area contributed by atoms with E-state index < -0.39 is 17.5 Å². The molecule has 0 saturated heterocycles. The Morgan fingerprint density at radius 2 is 1.96 bits per heavy atom. The molecule has 0 aromatic heterocycles. The van der Waals surface area contributed by atoms with E-state index in [1.807, 2.05) is 13.8 Å². The number of anilines is 1. The lowest BCUT2D eigenvalue weighted by Gasteiger charge is -2.25. The molecule has 5 heteroatoms. The van der Waals surface area contributed by atoms with Crippen LogP contribution in [0, 0.1) is 0 Å². The molecule has 0 unspecified atom stereocenters. The Morgan fingerprint density at radius 3 is 2.52 bits per heavy atom. The zero-order chi connectivity index (χ0) is 17.6. The van der Waals surface area contributed by atoms with E-state index in [0.29, 0.717) is 0 Å². The van der Waals surface area contributed by atoms with Crippen LogP contribution >= 0.6 is 0 Å². The molecule has 1 rings (SSSR count). The molecule has 0 aliphatic carbocycles. The smallest absolute Gasteiger partial charge is 0.340 e. The molecule has 1 aromatic rings. The van der Waals surface area contributed by atoms with E-state index >= 15 is 0 Å². The third kappa shape index (κ3) is 5.43. The van der Waals surface area contributed by atoms with E-state index in [1.54, 1.807) is 12.1 Å². The Hall–Kier alpha value is -2.30. The predicted octanol–water partition coefficient (Wildman–Crippen LogP) is 3.88. The average Bonchev–Trinajstić information content (AvgIpc) is 2.46. The topological polar surface area (TPSA) is 78.6 Å². The minimum absolute atomic E-state index is 0.0818. The molecule has 0 saturated carbocycles. The van der Waals surface area contributed by atoms with Gasteiger partial charge in [-0.05, 0) is 45.7 Å². The van der Waals surface area contributed by atoms with Crippen LogP contribution in [0.15, 0.2) is 30.4 Å². The second kappa shape index (κ2) is 7.81. The number of rotatable bonds is 7. The Bertz CT molecular complexity index is 605. The van der Waals surface area contributed by atoms with Gasteiger partial charge in [0.1, 0.15) is 5.60 Å². The number of carbonyl (C=O) groups is 2. The molecule has 126 valence electrons. The molecule has 5 nitrogen and oxygen atoms in total. The summed E-state index contributed by atoms with van der Waals surface area (Å²) in [5, 5.41) is 0. The lowest BCUT2D eigenvalue weighted by Crippen LogP contribution is -2.28. The van der Waals surface area contributed by atoms with Gasteiger partial charge >= 0.3 is 11.9 Å². The summed E-state index contributed by atoms with van der Waals surface area (Å²) in [6, 6.07) is 4.66. The van der Waals surface area contributed by atoms with Crippen molar-refractivity contribution >= 4 is 17.6 Å². The fourth-order valence-electron chi connectivity index (χ4n) is 1.96. The fraction of sp³-hybridized carbons (Fsp3) is 0.444. The van der Waals surface area contributed by atoms with Gasteiger partial charge < -0.3 is 15.2 Å². The first-order valence-electron chi connectivity index (χ1n) is 7.67. The van der Waals surface area contributed by atoms with Gasteiger partial charge in [-0.2, -0.15) is 0 Å². The highest BCUT2D eigenvalue weighted by atomic mass is 16.6. The average molecular weight is 319 g/mol. The van der Waals surface area contributed by atoms with Gasteiger partial charge in [-0.3, -0.25) is 0 Å². The highest BCUT2D eigenvalue weighted by Crippen LogP contribution is 2.28. The Labute approximate surface area is 137 Å². The SMILES string of the molecule is C=C(C)C(=O)Oc1cccc(C(=O)OC(C)(C)CCCC)c1N. The molecule has 0 aliphatic rings. The van der Waals surface area contributed by atoms with Crippen LogP contribution in [-0.2, 0) is 9.53 Å². The van der Waals surface area contributed by atoms with Gasteiger partial charge in [0.15, 0.2) is 5.75 Å². The molecule has 0 heterocycles. The van der Waals surface area contributed by atoms with Crippen LogP contribution in [0.3, 0.4) is 0 Å². The maximum absolute atomic E-state index is 12.4. The summed E-state index contributed by atoms with van der Waals surface area (Å²) in [6.45, 7) is 10.8. The van der Waals surface area contributed by atoms with Crippen LogP contribution in [0.2, 0.25) is 0 Å². The fourth-order valence-corrected chi connectivity index (χ4v) is 1.96. The van der Waals surface area contributed by atoms with Crippen molar-refractivity contribution in [3.8, 4) is 5.75 Å². The molecular formula is C18H25NO4. The van der Waals surface area contributed by atoms with Crippen LogP contribution in [0.4, 0.5) is 5.69 Å². The van der Waals surface area contributed by atoms with Crippen LogP contribution in [0.1, 0.15) is 57.3 Å². The van der Waals surface area contributed by atoms with Gasteiger partial charge in [-0.1, -0.05) is 26.0 Å². The number of esters is 2. The van der Waals surface area contributed by atoms with Crippen molar-refractivity contribution in [1.82, 2.24) is 0 Å². The van der Waals surface area contributed by atoms with E-state index in [-0.39, 0.29) is 22.6 Å². The van der Waals surface area contributed by atoms with E-state index in [9.17, 15) is 9.59 Å². The first-order chi connectivity index (χ1) is 10.7. The summed E-state index contributed by atoms with van der Waals surface area (Å²) in [6.07, 6.45) is 2.75. The predicted molar refractivity (Wildman–Crippen MR) is 90.3 cm³/mol. The zero-order valence-electron chi connectivity index (χ0n) is 14.3. The first kappa shape index (κ1) is 18.7. The monoisotopic (exact) mass is 319 g/mol. The van der Waals surface area contributed by atoms with E-state index in [4.69, 9.17) is 15.2 Å². The van der Waals surface area contributed by atoms with E-state index in [0.717, 1.165) is 19.3 Å². The molecular weight excluding hydrogens is 294 g/mol. The second-order valence-electron chi connectivity index (χ2n) is 6.14. The number of benzene rings is 1. The Kier molecular flexibility index (Phi) is 6.37. The lowest BCUT2D eigenvalue weighted by molar-refractivity contribution is -0.130. The van der Waals surface area contributed by atoms with E-state index in [2.05, 4.69) is 13.5 Å². The standard InChI is InChI=1S/C18H25NO4/c1-6-7-11-18(4,5)23-17(21)13-9-8-10-14(15(13)19)22-16(20)12(2)3/h8-10H,2,6-7,11,19H2,1,3-5H3. The van der Waals surface area contributed by atoms with Crippen LogP contribution < -0.4 is 10.5 Å². The molecule has 23 heavy (non-hydrogen) atoms. The largest absolute Gasteiger partial charge is 0.456 e. The summed E-state index contributed by atoms with van der Waals surface area (Å²) in [5.41, 5.74) is 5.88. The highest BCUT2D eigenvalue weighted by molar-refractivity contribution is 5.98. The van der Waals surface area contributed by atoms with Gasteiger partial charge in [0.25, 0.3) is 0 Å². The summed E-state index contributed by atoms with van der Waals surface area (Å²) < 4.78 is 10.7. The zero-order valence-corrected chi connectivity index (χ0v) is 14.3. The number of hydrogen-bond acceptors (Lipinski definition) is 5. The molecule has 0 fully saturated rings. The van der Waals surface area contributed by atoms with E-state index in [1.165, 1.54) is 13.0 Å². The maximum Gasteiger partial charge on any atom is 0.340 e. The highest BCUT2D eigenvalue weighted by Gasteiger charge is 2.25. The number of nitrogen functional groups attached to an aromatic ring is 1. The normalized spacial score (nSPS) is 11.0. The number of unbranched alkanes of at least 4 members (excludes halogenated alkanes) is 1. The van der Waals surface area contributed by atoms with Gasteiger partial charge in [0.2, 0.25) is 0 Å². The van der Waals surface area contributed by atoms with Gasteiger partial charge in [0.05, 0.1) is 11.3 Å². The molecule has 0 bridgehead atoms. The van der Waals surface area contributed by atoms with Crippen LogP contribution in [0.25, 0.3) is 0 Å². The Morgan fingerprint density at radius 1 is 1.30 bits per heavy atom. The van der Waals surface area contributed by atoms with Crippen molar-refractivity contribution in [2.24, 2.45) is 0 Å². The van der Waals surface area contributed by atoms with Crippen molar-refractivity contribution in [3.63, 3.8) is 0 Å². The number of nitrogens with two attached hydrogens (primary N) is 1. The van der Waals surface area contributed by atoms with Crippen LogP contribution in [-0.4, -0.2) is 17.5 Å². The summed E-state index contributed by atoms with van der Waals surface area (Å²) in [7, 11) is 0. The second-order valence-corrected chi connectivity index (χ2v) is 6.14. The van der Waals surface area contributed by atoms with Crippen LogP contribution in [0.5, 0.6) is 5.75 Å². The molecule has 0 amide bonds.